The Morgan fingerprint density at radius 3 is 2.31 bits per heavy atom. The van der Waals surface area contributed by atoms with Gasteiger partial charge in [-0.1, -0.05) is 66.7 Å². The molecule has 0 bridgehead atoms. The van der Waals surface area contributed by atoms with E-state index in [9.17, 15) is 9.90 Å². The van der Waals surface area contributed by atoms with E-state index in [1.165, 1.54) is 5.56 Å². The Bertz CT molecular complexity index is 1090. The molecule has 1 N–H and O–H groups in total. The molecule has 0 fully saturated rings. The maximum atomic E-state index is 12.1. The fraction of sp³-hybridized carbons (Fsp3) is 0.160. The van der Waals surface area contributed by atoms with E-state index in [0.717, 1.165) is 23.0 Å². The highest BCUT2D eigenvalue weighted by Crippen LogP contribution is 2.24. The third kappa shape index (κ3) is 4.55. The molecule has 3 aromatic carbocycles. The first-order valence-corrected chi connectivity index (χ1v) is 9.71. The smallest absolute Gasteiger partial charge is 0.338 e. The standard InChI is InChI=1S/C25H23NO3/c27-22(18-29-25(28)20-11-5-2-6-12-20)15-21-17-26(16-19-9-3-1-4-10-19)24-14-8-7-13-23(21)24/h1-14,17,22,27H,15-16,18H2/t22-/m0/s1. The Balaban J connectivity index is 1.47. The van der Waals surface area contributed by atoms with Crippen molar-refractivity contribution in [2.24, 2.45) is 0 Å². The lowest BCUT2D eigenvalue weighted by Gasteiger charge is -2.11. The minimum absolute atomic E-state index is 0.0358. The van der Waals surface area contributed by atoms with Crippen LogP contribution >= 0.6 is 0 Å². The van der Waals surface area contributed by atoms with Crippen molar-refractivity contribution in [2.45, 2.75) is 19.1 Å². The molecule has 4 nitrogen and oxygen atoms in total. The van der Waals surface area contributed by atoms with Gasteiger partial charge in [-0.3, -0.25) is 0 Å². The SMILES string of the molecule is O=C(OC[C@@H](O)Cc1cn(Cc2ccccc2)c2ccccc12)c1ccccc1. The summed E-state index contributed by atoms with van der Waals surface area (Å²) in [6, 6.07) is 27.3. The number of ether oxygens (including phenoxy) is 1. The average Bonchev–Trinajstić information content (AvgIpc) is 3.10. The van der Waals surface area contributed by atoms with Crippen LogP contribution < -0.4 is 0 Å². The molecule has 146 valence electrons. The average molecular weight is 385 g/mol. The van der Waals surface area contributed by atoms with Gasteiger partial charge in [-0.25, -0.2) is 4.79 Å². The molecule has 4 rings (SSSR count). The number of aliphatic hydroxyl groups excluding tert-OH is 1. The van der Waals surface area contributed by atoms with Gasteiger partial charge in [-0.05, 0) is 29.3 Å². The molecule has 0 aliphatic carbocycles. The third-order valence-electron chi connectivity index (χ3n) is 4.94. The third-order valence-corrected chi connectivity index (χ3v) is 4.94. The number of carbonyl (C=O) groups is 1. The van der Waals surface area contributed by atoms with Crippen molar-refractivity contribution in [3.63, 3.8) is 0 Å². The summed E-state index contributed by atoms with van der Waals surface area (Å²) in [4.78, 5) is 12.1. The molecule has 4 aromatic rings. The van der Waals surface area contributed by atoms with Crippen LogP contribution in [0.25, 0.3) is 10.9 Å². The monoisotopic (exact) mass is 385 g/mol. The Labute approximate surface area is 170 Å². The molecule has 0 saturated carbocycles. The minimum Gasteiger partial charge on any atom is -0.459 e. The van der Waals surface area contributed by atoms with Gasteiger partial charge in [0.2, 0.25) is 0 Å². The molecule has 1 heterocycles. The summed E-state index contributed by atoms with van der Waals surface area (Å²) in [5, 5.41) is 11.6. The van der Waals surface area contributed by atoms with Crippen LogP contribution in [0.15, 0.2) is 91.1 Å². The van der Waals surface area contributed by atoms with E-state index in [1.807, 2.05) is 36.4 Å². The molecule has 0 saturated heterocycles. The van der Waals surface area contributed by atoms with E-state index in [1.54, 1.807) is 24.3 Å². The second-order valence-electron chi connectivity index (χ2n) is 7.11. The van der Waals surface area contributed by atoms with Crippen molar-refractivity contribution in [3.8, 4) is 0 Å². The van der Waals surface area contributed by atoms with Gasteiger partial charge in [0, 0.05) is 30.1 Å². The summed E-state index contributed by atoms with van der Waals surface area (Å²) < 4.78 is 7.48. The molecule has 0 aliphatic rings. The van der Waals surface area contributed by atoms with E-state index in [2.05, 4.69) is 35.0 Å². The highest BCUT2D eigenvalue weighted by molar-refractivity contribution is 5.89. The fourth-order valence-electron chi connectivity index (χ4n) is 3.54. The molecule has 0 unspecified atom stereocenters. The van der Waals surface area contributed by atoms with Crippen LogP contribution in [-0.2, 0) is 17.7 Å². The molecule has 0 spiro atoms. The second kappa shape index (κ2) is 8.76. The van der Waals surface area contributed by atoms with Crippen LogP contribution in [0.1, 0.15) is 21.5 Å². The topological polar surface area (TPSA) is 51.5 Å². The highest BCUT2D eigenvalue weighted by Gasteiger charge is 2.15. The molecular weight excluding hydrogens is 362 g/mol. The summed E-state index contributed by atoms with van der Waals surface area (Å²) in [5.74, 6) is -0.420. The van der Waals surface area contributed by atoms with E-state index in [0.29, 0.717) is 12.0 Å². The number of benzene rings is 3. The van der Waals surface area contributed by atoms with Crippen molar-refractivity contribution in [3.05, 3.63) is 108 Å². The van der Waals surface area contributed by atoms with Crippen LogP contribution in [0, 0.1) is 0 Å². The van der Waals surface area contributed by atoms with Crippen LogP contribution in [0.5, 0.6) is 0 Å². The summed E-state index contributed by atoms with van der Waals surface area (Å²) in [7, 11) is 0. The molecule has 1 atom stereocenters. The number of hydrogen-bond acceptors (Lipinski definition) is 3. The normalized spacial score (nSPS) is 12.0. The minimum atomic E-state index is -0.765. The number of aliphatic hydroxyl groups is 1. The van der Waals surface area contributed by atoms with E-state index < -0.39 is 12.1 Å². The Hall–Kier alpha value is -3.37. The van der Waals surface area contributed by atoms with Gasteiger partial charge in [0.15, 0.2) is 0 Å². The number of esters is 1. The predicted octanol–water partition coefficient (Wildman–Crippen LogP) is 4.45. The Morgan fingerprint density at radius 2 is 1.55 bits per heavy atom. The fourth-order valence-corrected chi connectivity index (χ4v) is 3.54. The zero-order valence-electron chi connectivity index (χ0n) is 16.1. The summed E-state index contributed by atoms with van der Waals surface area (Å²) in [5.41, 5.74) is 3.87. The van der Waals surface area contributed by atoms with E-state index >= 15 is 0 Å². The predicted molar refractivity (Wildman–Crippen MR) is 114 cm³/mol. The second-order valence-corrected chi connectivity index (χ2v) is 7.11. The molecule has 0 amide bonds. The van der Waals surface area contributed by atoms with Gasteiger partial charge in [0.05, 0.1) is 11.7 Å². The lowest BCUT2D eigenvalue weighted by molar-refractivity contribution is 0.0259. The van der Waals surface area contributed by atoms with Gasteiger partial charge in [-0.2, -0.15) is 0 Å². The van der Waals surface area contributed by atoms with E-state index in [-0.39, 0.29) is 6.61 Å². The first kappa shape index (κ1) is 19.0. The molecule has 1 aromatic heterocycles. The Kier molecular flexibility index (Phi) is 5.73. The first-order chi connectivity index (χ1) is 14.2. The van der Waals surface area contributed by atoms with Gasteiger partial charge in [0.1, 0.15) is 6.61 Å². The van der Waals surface area contributed by atoms with Crippen molar-refractivity contribution in [1.82, 2.24) is 4.57 Å². The molecule has 0 aliphatic heterocycles. The number of hydrogen-bond donors (Lipinski definition) is 1. The molecular formula is C25H23NO3. The first-order valence-electron chi connectivity index (χ1n) is 9.71. The number of para-hydroxylation sites is 1. The van der Waals surface area contributed by atoms with Gasteiger partial charge in [0.25, 0.3) is 0 Å². The van der Waals surface area contributed by atoms with Crippen molar-refractivity contribution in [1.29, 1.82) is 0 Å². The van der Waals surface area contributed by atoms with E-state index in [4.69, 9.17) is 4.74 Å². The van der Waals surface area contributed by atoms with Crippen LogP contribution in [0.2, 0.25) is 0 Å². The van der Waals surface area contributed by atoms with Crippen LogP contribution in [0.3, 0.4) is 0 Å². The maximum Gasteiger partial charge on any atom is 0.338 e. The van der Waals surface area contributed by atoms with Crippen LogP contribution in [-0.4, -0.2) is 28.4 Å². The summed E-state index contributed by atoms with van der Waals surface area (Å²) in [6.45, 7) is 0.729. The lowest BCUT2D eigenvalue weighted by atomic mass is 10.1. The molecule has 4 heteroatoms. The zero-order valence-corrected chi connectivity index (χ0v) is 16.1. The van der Waals surface area contributed by atoms with Crippen LogP contribution in [0.4, 0.5) is 0 Å². The molecule has 29 heavy (non-hydrogen) atoms. The number of rotatable bonds is 7. The zero-order chi connectivity index (χ0) is 20.1. The Morgan fingerprint density at radius 1 is 0.897 bits per heavy atom. The molecule has 0 radical (unpaired) electrons. The summed E-state index contributed by atoms with van der Waals surface area (Å²) in [6.07, 6.45) is 1.74. The number of fused-ring (bicyclic) bond motifs is 1. The van der Waals surface area contributed by atoms with Gasteiger partial charge >= 0.3 is 5.97 Å². The lowest BCUT2D eigenvalue weighted by Crippen LogP contribution is -2.20. The van der Waals surface area contributed by atoms with Gasteiger partial charge in [-0.15, -0.1) is 0 Å². The number of nitrogens with zero attached hydrogens (tertiary/aromatic N) is 1. The van der Waals surface area contributed by atoms with Crippen molar-refractivity contribution >= 4 is 16.9 Å². The number of aromatic nitrogens is 1. The quantitative estimate of drug-likeness (QED) is 0.478. The number of carbonyl (C=O) groups excluding carboxylic acids is 1. The largest absolute Gasteiger partial charge is 0.459 e. The maximum absolute atomic E-state index is 12.1. The van der Waals surface area contributed by atoms with Crippen molar-refractivity contribution in [2.75, 3.05) is 6.61 Å². The highest BCUT2D eigenvalue weighted by atomic mass is 16.5. The van der Waals surface area contributed by atoms with Gasteiger partial charge < -0.3 is 14.4 Å². The summed E-state index contributed by atoms with van der Waals surface area (Å²) >= 11 is 0. The van der Waals surface area contributed by atoms with Crippen molar-refractivity contribution < 1.29 is 14.6 Å².